The number of piperidine rings is 1. The van der Waals surface area contributed by atoms with Crippen LogP contribution in [-0.2, 0) is 0 Å². The first-order valence-corrected chi connectivity index (χ1v) is 7.53. The first-order valence-electron chi connectivity index (χ1n) is 7.53. The van der Waals surface area contributed by atoms with E-state index in [0.29, 0.717) is 18.2 Å². The molecular formula is C17H19N3O2. The Bertz CT molecular complexity index is 645. The van der Waals surface area contributed by atoms with Gasteiger partial charge in [-0.1, -0.05) is 18.2 Å². The Kier molecular flexibility index (Phi) is 4.32. The van der Waals surface area contributed by atoms with E-state index in [2.05, 4.69) is 9.97 Å². The summed E-state index contributed by atoms with van der Waals surface area (Å²) in [5.41, 5.74) is 0.723. The van der Waals surface area contributed by atoms with Crippen molar-refractivity contribution < 1.29 is 9.53 Å². The molecule has 5 heteroatoms. The minimum absolute atomic E-state index is 0.0179. The number of amides is 1. The van der Waals surface area contributed by atoms with Gasteiger partial charge in [-0.05, 0) is 31.9 Å². The molecule has 0 spiro atoms. The highest BCUT2D eigenvalue weighted by Crippen LogP contribution is 2.18. The molecule has 1 aliphatic rings. The first kappa shape index (κ1) is 14.5. The van der Waals surface area contributed by atoms with Crippen LogP contribution in [0, 0.1) is 6.92 Å². The maximum atomic E-state index is 12.5. The Balaban J connectivity index is 1.65. The number of ether oxygens (including phenoxy) is 1. The zero-order chi connectivity index (χ0) is 15.4. The monoisotopic (exact) mass is 297 g/mol. The van der Waals surface area contributed by atoms with E-state index in [9.17, 15) is 4.79 Å². The molecule has 22 heavy (non-hydrogen) atoms. The predicted octanol–water partition coefficient (Wildman–Crippen LogP) is 2.47. The Hall–Kier alpha value is -2.43. The molecule has 0 unspecified atom stereocenters. The summed E-state index contributed by atoms with van der Waals surface area (Å²) in [6.07, 6.45) is 3.54. The molecular weight excluding hydrogens is 278 g/mol. The molecule has 0 N–H and O–H groups in total. The molecule has 1 aromatic carbocycles. The summed E-state index contributed by atoms with van der Waals surface area (Å²) >= 11 is 0. The zero-order valence-corrected chi connectivity index (χ0v) is 12.6. The van der Waals surface area contributed by atoms with Crippen LogP contribution in [0.25, 0.3) is 0 Å². The standard InChI is InChI=1S/C17H19N3O2/c1-13-18-10-9-16(19-13)22-15-8-5-11-20(12-15)17(21)14-6-3-2-4-7-14/h2-4,6-7,9-10,15H,5,8,11-12H2,1H3/t15-/m0/s1. The second-order valence-electron chi connectivity index (χ2n) is 5.44. The van der Waals surface area contributed by atoms with Gasteiger partial charge in [0.15, 0.2) is 0 Å². The summed E-state index contributed by atoms with van der Waals surface area (Å²) in [5, 5.41) is 0. The average Bonchev–Trinajstić information content (AvgIpc) is 2.55. The Morgan fingerprint density at radius 2 is 2.09 bits per heavy atom. The van der Waals surface area contributed by atoms with E-state index in [4.69, 9.17) is 4.74 Å². The summed E-state index contributed by atoms with van der Waals surface area (Å²) < 4.78 is 5.91. The molecule has 2 aromatic rings. The first-order chi connectivity index (χ1) is 10.7. The minimum Gasteiger partial charge on any atom is -0.472 e. The van der Waals surface area contributed by atoms with E-state index >= 15 is 0 Å². The lowest BCUT2D eigenvalue weighted by atomic mass is 10.1. The van der Waals surface area contributed by atoms with E-state index in [0.717, 1.165) is 24.9 Å². The normalized spacial score (nSPS) is 18.0. The number of hydrogen-bond acceptors (Lipinski definition) is 4. The van der Waals surface area contributed by atoms with Crippen molar-refractivity contribution in [1.82, 2.24) is 14.9 Å². The Morgan fingerprint density at radius 3 is 2.86 bits per heavy atom. The van der Waals surface area contributed by atoms with Gasteiger partial charge in [-0.3, -0.25) is 4.79 Å². The largest absolute Gasteiger partial charge is 0.472 e. The molecule has 1 aliphatic heterocycles. The van der Waals surface area contributed by atoms with Crippen molar-refractivity contribution in [3.63, 3.8) is 0 Å². The fourth-order valence-corrected chi connectivity index (χ4v) is 2.65. The lowest BCUT2D eigenvalue weighted by Gasteiger charge is -2.32. The minimum atomic E-state index is -0.0179. The van der Waals surface area contributed by atoms with E-state index in [-0.39, 0.29) is 12.0 Å². The van der Waals surface area contributed by atoms with E-state index in [1.54, 1.807) is 12.3 Å². The van der Waals surface area contributed by atoms with Crippen molar-refractivity contribution in [1.29, 1.82) is 0 Å². The van der Waals surface area contributed by atoms with Crippen LogP contribution in [-0.4, -0.2) is 40.0 Å². The number of aryl methyl sites for hydroxylation is 1. The molecule has 1 atom stereocenters. The maximum Gasteiger partial charge on any atom is 0.253 e. The molecule has 0 radical (unpaired) electrons. The summed E-state index contributed by atoms with van der Waals surface area (Å²) in [7, 11) is 0. The van der Waals surface area contributed by atoms with Crippen molar-refractivity contribution in [2.75, 3.05) is 13.1 Å². The quantitative estimate of drug-likeness (QED) is 0.873. The number of likely N-dealkylation sites (tertiary alicyclic amines) is 1. The zero-order valence-electron chi connectivity index (χ0n) is 12.6. The van der Waals surface area contributed by atoms with Crippen LogP contribution in [0.15, 0.2) is 42.6 Å². The summed E-state index contributed by atoms with van der Waals surface area (Å²) in [6.45, 7) is 3.20. The number of carbonyl (C=O) groups is 1. The van der Waals surface area contributed by atoms with Gasteiger partial charge in [-0.2, -0.15) is 4.98 Å². The summed E-state index contributed by atoms with van der Waals surface area (Å²) in [4.78, 5) is 22.7. The maximum absolute atomic E-state index is 12.5. The number of nitrogens with zero attached hydrogens (tertiary/aromatic N) is 3. The molecule has 2 heterocycles. The van der Waals surface area contributed by atoms with Crippen LogP contribution in [0.4, 0.5) is 0 Å². The number of rotatable bonds is 3. The molecule has 3 rings (SSSR count). The van der Waals surface area contributed by atoms with Crippen molar-refractivity contribution in [3.05, 3.63) is 54.0 Å². The molecule has 1 aromatic heterocycles. The smallest absolute Gasteiger partial charge is 0.253 e. The van der Waals surface area contributed by atoms with Gasteiger partial charge >= 0.3 is 0 Å². The SMILES string of the molecule is Cc1nccc(O[C@H]2CCCN(C(=O)c3ccccc3)C2)n1. The van der Waals surface area contributed by atoms with Crippen LogP contribution >= 0.6 is 0 Å². The number of benzene rings is 1. The Morgan fingerprint density at radius 1 is 1.27 bits per heavy atom. The number of carbonyl (C=O) groups excluding carboxylic acids is 1. The molecule has 0 aliphatic carbocycles. The second kappa shape index (κ2) is 6.56. The van der Waals surface area contributed by atoms with Gasteiger partial charge in [0.2, 0.25) is 5.88 Å². The van der Waals surface area contributed by atoms with Gasteiger partial charge in [0.25, 0.3) is 5.91 Å². The second-order valence-corrected chi connectivity index (χ2v) is 5.44. The van der Waals surface area contributed by atoms with Gasteiger partial charge < -0.3 is 9.64 Å². The van der Waals surface area contributed by atoms with Gasteiger partial charge in [0, 0.05) is 24.4 Å². The van der Waals surface area contributed by atoms with Gasteiger partial charge in [-0.25, -0.2) is 4.98 Å². The number of hydrogen-bond donors (Lipinski definition) is 0. The highest BCUT2D eigenvalue weighted by atomic mass is 16.5. The van der Waals surface area contributed by atoms with Crippen LogP contribution in [0.5, 0.6) is 5.88 Å². The van der Waals surface area contributed by atoms with E-state index in [1.165, 1.54) is 0 Å². The van der Waals surface area contributed by atoms with E-state index < -0.39 is 0 Å². The third-order valence-corrected chi connectivity index (χ3v) is 3.72. The molecule has 114 valence electrons. The molecule has 1 saturated heterocycles. The van der Waals surface area contributed by atoms with Crippen LogP contribution < -0.4 is 4.74 Å². The van der Waals surface area contributed by atoms with Crippen molar-refractivity contribution in [2.45, 2.75) is 25.9 Å². The fourth-order valence-electron chi connectivity index (χ4n) is 2.65. The van der Waals surface area contributed by atoms with Crippen LogP contribution in [0.2, 0.25) is 0 Å². The summed E-state index contributed by atoms with van der Waals surface area (Å²) in [6, 6.07) is 11.1. The molecule has 1 amide bonds. The lowest BCUT2D eigenvalue weighted by molar-refractivity contribution is 0.0527. The third kappa shape index (κ3) is 3.42. The van der Waals surface area contributed by atoms with Crippen LogP contribution in [0.3, 0.4) is 0 Å². The highest BCUT2D eigenvalue weighted by Gasteiger charge is 2.25. The molecule has 1 fully saturated rings. The molecule has 0 bridgehead atoms. The third-order valence-electron chi connectivity index (χ3n) is 3.72. The number of aromatic nitrogens is 2. The molecule has 0 saturated carbocycles. The lowest BCUT2D eigenvalue weighted by Crippen LogP contribution is -2.44. The highest BCUT2D eigenvalue weighted by molar-refractivity contribution is 5.94. The predicted molar refractivity (Wildman–Crippen MR) is 82.8 cm³/mol. The van der Waals surface area contributed by atoms with Gasteiger partial charge in [0.05, 0.1) is 6.54 Å². The van der Waals surface area contributed by atoms with Crippen molar-refractivity contribution in [2.24, 2.45) is 0 Å². The van der Waals surface area contributed by atoms with Gasteiger partial charge in [0.1, 0.15) is 11.9 Å². The van der Waals surface area contributed by atoms with E-state index in [1.807, 2.05) is 42.2 Å². The van der Waals surface area contributed by atoms with Gasteiger partial charge in [-0.15, -0.1) is 0 Å². The Labute approximate surface area is 130 Å². The fraction of sp³-hybridized carbons (Fsp3) is 0.353. The average molecular weight is 297 g/mol. The van der Waals surface area contributed by atoms with Crippen molar-refractivity contribution in [3.8, 4) is 5.88 Å². The summed E-state index contributed by atoms with van der Waals surface area (Å²) in [5.74, 6) is 1.32. The van der Waals surface area contributed by atoms with Crippen molar-refractivity contribution >= 4 is 5.91 Å². The topological polar surface area (TPSA) is 55.3 Å². The molecule has 5 nitrogen and oxygen atoms in total. The van der Waals surface area contributed by atoms with Crippen LogP contribution in [0.1, 0.15) is 29.0 Å².